The van der Waals surface area contributed by atoms with E-state index in [1.165, 1.54) is 0 Å². The zero-order valence-electron chi connectivity index (χ0n) is 8.92. The number of halogens is 2. The SMILES string of the molecule is OCC(F)(F)C1(O)CCC2(CC1)OCCO2. The van der Waals surface area contributed by atoms with E-state index in [1.807, 2.05) is 0 Å². The van der Waals surface area contributed by atoms with Crippen LogP contribution in [0.4, 0.5) is 8.78 Å². The van der Waals surface area contributed by atoms with Gasteiger partial charge in [-0.05, 0) is 12.8 Å². The highest BCUT2D eigenvalue weighted by molar-refractivity contribution is 4.99. The van der Waals surface area contributed by atoms with E-state index in [-0.39, 0.29) is 25.7 Å². The van der Waals surface area contributed by atoms with Gasteiger partial charge >= 0.3 is 0 Å². The molecular formula is C10H16F2O4. The van der Waals surface area contributed by atoms with Gasteiger partial charge < -0.3 is 19.7 Å². The highest BCUT2D eigenvalue weighted by Crippen LogP contribution is 2.46. The lowest BCUT2D eigenvalue weighted by atomic mass is 9.77. The molecular weight excluding hydrogens is 222 g/mol. The second kappa shape index (κ2) is 3.87. The molecule has 1 saturated carbocycles. The van der Waals surface area contributed by atoms with E-state index in [1.54, 1.807) is 0 Å². The Hall–Kier alpha value is -0.300. The maximum atomic E-state index is 13.3. The smallest absolute Gasteiger partial charge is 0.298 e. The summed E-state index contributed by atoms with van der Waals surface area (Å²) >= 11 is 0. The fourth-order valence-electron chi connectivity index (χ4n) is 2.34. The molecule has 1 heterocycles. The van der Waals surface area contributed by atoms with Gasteiger partial charge in [-0.1, -0.05) is 0 Å². The quantitative estimate of drug-likeness (QED) is 0.742. The Morgan fingerprint density at radius 3 is 2.00 bits per heavy atom. The molecule has 1 saturated heterocycles. The van der Waals surface area contributed by atoms with E-state index < -0.39 is 23.9 Å². The highest BCUT2D eigenvalue weighted by atomic mass is 19.3. The van der Waals surface area contributed by atoms with Gasteiger partial charge in [0.25, 0.3) is 5.92 Å². The first-order valence-electron chi connectivity index (χ1n) is 5.42. The molecule has 94 valence electrons. The predicted molar refractivity (Wildman–Crippen MR) is 50.1 cm³/mol. The normalized spacial score (nSPS) is 28.5. The Balaban J connectivity index is 2.03. The summed E-state index contributed by atoms with van der Waals surface area (Å²) in [6.07, 6.45) is 0.222. The first-order chi connectivity index (χ1) is 7.43. The fraction of sp³-hybridized carbons (Fsp3) is 1.00. The number of hydrogen-bond donors (Lipinski definition) is 2. The minimum Gasteiger partial charge on any atom is -0.390 e. The summed E-state index contributed by atoms with van der Waals surface area (Å²) in [4.78, 5) is 0. The molecule has 0 radical (unpaired) electrons. The molecule has 1 aliphatic heterocycles. The van der Waals surface area contributed by atoms with Crippen LogP contribution in [0.2, 0.25) is 0 Å². The van der Waals surface area contributed by atoms with E-state index in [4.69, 9.17) is 14.6 Å². The lowest BCUT2D eigenvalue weighted by Gasteiger charge is -2.43. The summed E-state index contributed by atoms with van der Waals surface area (Å²) < 4.78 is 37.4. The molecule has 0 amide bonds. The molecule has 0 aromatic heterocycles. The monoisotopic (exact) mass is 238 g/mol. The summed E-state index contributed by atoms with van der Waals surface area (Å²) in [7, 11) is 0. The average molecular weight is 238 g/mol. The first-order valence-corrected chi connectivity index (χ1v) is 5.42. The van der Waals surface area contributed by atoms with E-state index in [0.29, 0.717) is 13.2 Å². The van der Waals surface area contributed by atoms with Crippen LogP contribution in [0.3, 0.4) is 0 Å². The van der Waals surface area contributed by atoms with Crippen molar-refractivity contribution in [2.45, 2.75) is 43.0 Å². The molecule has 1 spiro atoms. The molecule has 2 rings (SSSR count). The minimum atomic E-state index is -3.47. The number of hydrogen-bond acceptors (Lipinski definition) is 4. The third kappa shape index (κ3) is 1.84. The second-order valence-corrected chi connectivity index (χ2v) is 4.50. The minimum absolute atomic E-state index is 0.124. The molecule has 1 aliphatic carbocycles. The maximum Gasteiger partial charge on any atom is 0.298 e. The Bertz CT molecular complexity index is 254. The Kier molecular flexibility index (Phi) is 2.94. The molecule has 0 aromatic rings. The van der Waals surface area contributed by atoms with Gasteiger partial charge in [-0.25, -0.2) is 8.78 Å². The molecule has 0 unspecified atom stereocenters. The highest BCUT2D eigenvalue weighted by Gasteiger charge is 2.57. The Morgan fingerprint density at radius 1 is 1.06 bits per heavy atom. The van der Waals surface area contributed by atoms with E-state index in [2.05, 4.69) is 0 Å². The Morgan fingerprint density at radius 2 is 1.56 bits per heavy atom. The van der Waals surface area contributed by atoms with E-state index in [9.17, 15) is 13.9 Å². The molecule has 0 atom stereocenters. The van der Waals surface area contributed by atoms with Gasteiger partial charge in [0.1, 0.15) is 12.2 Å². The van der Waals surface area contributed by atoms with Gasteiger partial charge in [0, 0.05) is 12.8 Å². The largest absolute Gasteiger partial charge is 0.390 e. The molecule has 2 aliphatic rings. The first kappa shape index (κ1) is 12.2. The topological polar surface area (TPSA) is 58.9 Å². The fourth-order valence-corrected chi connectivity index (χ4v) is 2.34. The number of rotatable bonds is 2. The number of aliphatic hydroxyl groups excluding tert-OH is 1. The van der Waals surface area contributed by atoms with Crippen molar-refractivity contribution >= 4 is 0 Å². The second-order valence-electron chi connectivity index (χ2n) is 4.50. The predicted octanol–water partition coefficient (Wildman–Crippen LogP) is 0.662. The third-order valence-corrected chi connectivity index (χ3v) is 3.53. The van der Waals surface area contributed by atoms with Crippen LogP contribution in [0, 0.1) is 0 Å². The van der Waals surface area contributed by atoms with Crippen molar-refractivity contribution in [2.75, 3.05) is 19.8 Å². The van der Waals surface area contributed by atoms with Crippen LogP contribution in [0.5, 0.6) is 0 Å². The van der Waals surface area contributed by atoms with Crippen LogP contribution < -0.4 is 0 Å². The molecule has 16 heavy (non-hydrogen) atoms. The number of alkyl halides is 2. The van der Waals surface area contributed by atoms with Crippen LogP contribution >= 0.6 is 0 Å². The van der Waals surface area contributed by atoms with E-state index >= 15 is 0 Å². The van der Waals surface area contributed by atoms with Gasteiger partial charge in [0.05, 0.1) is 13.2 Å². The summed E-state index contributed by atoms with van der Waals surface area (Å²) in [5, 5.41) is 18.4. The van der Waals surface area contributed by atoms with Gasteiger partial charge in [0.2, 0.25) is 0 Å². The summed E-state index contributed by atoms with van der Waals surface area (Å²) in [6, 6.07) is 0. The van der Waals surface area contributed by atoms with Crippen LogP contribution in [0.15, 0.2) is 0 Å². The molecule has 2 fully saturated rings. The van der Waals surface area contributed by atoms with Crippen LogP contribution in [-0.4, -0.2) is 47.3 Å². The van der Waals surface area contributed by atoms with Gasteiger partial charge in [0.15, 0.2) is 5.79 Å². The van der Waals surface area contributed by atoms with Crippen LogP contribution in [-0.2, 0) is 9.47 Å². The van der Waals surface area contributed by atoms with Crippen molar-refractivity contribution in [2.24, 2.45) is 0 Å². The Labute approximate surface area is 92.2 Å². The zero-order chi connectivity index (χ0) is 11.9. The van der Waals surface area contributed by atoms with Crippen LogP contribution in [0.25, 0.3) is 0 Å². The summed E-state index contributed by atoms with van der Waals surface area (Å²) in [6.45, 7) is -0.401. The molecule has 4 nitrogen and oxygen atoms in total. The van der Waals surface area contributed by atoms with Gasteiger partial charge in [-0.3, -0.25) is 0 Å². The number of ether oxygens (including phenoxy) is 2. The van der Waals surface area contributed by atoms with Crippen LogP contribution in [0.1, 0.15) is 25.7 Å². The maximum absolute atomic E-state index is 13.3. The lowest BCUT2D eigenvalue weighted by Crippen LogP contribution is -2.55. The molecule has 6 heteroatoms. The number of aliphatic hydroxyl groups is 2. The van der Waals surface area contributed by atoms with Crippen molar-refractivity contribution < 1.29 is 28.5 Å². The van der Waals surface area contributed by atoms with Crippen molar-refractivity contribution in [3.8, 4) is 0 Å². The standard InChI is InChI=1S/C10H16F2O4/c11-10(12,7-13)8(14)1-3-9(4-2-8)15-5-6-16-9/h13-14H,1-7H2. The van der Waals surface area contributed by atoms with Crippen molar-refractivity contribution in [3.63, 3.8) is 0 Å². The average Bonchev–Trinajstić information content (AvgIpc) is 2.72. The molecule has 2 N–H and O–H groups in total. The third-order valence-electron chi connectivity index (χ3n) is 3.53. The van der Waals surface area contributed by atoms with Crippen molar-refractivity contribution in [3.05, 3.63) is 0 Å². The lowest BCUT2D eigenvalue weighted by molar-refractivity contribution is -0.257. The summed E-state index contributed by atoms with van der Waals surface area (Å²) in [5.74, 6) is -4.25. The van der Waals surface area contributed by atoms with E-state index in [0.717, 1.165) is 0 Å². The zero-order valence-corrected chi connectivity index (χ0v) is 8.92. The van der Waals surface area contributed by atoms with Crippen molar-refractivity contribution in [1.82, 2.24) is 0 Å². The van der Waals surface area contributed by atoms with Gasteiger partial charge in [-0.15, -0.1) is 0 Å². The van der Waals surface area contributed by atoms with Gasteiger partial charge in [-0.2, -0.15) is 0 Å². The molecule has 0 aromatic carbocycles. The summed E-state index contributed by atoms with van der Waals surface area (Å²) in [5.41, 5.74) is -2.14. The molecule has 0 bridgehead atoms. The van der Waals surface area contributed by atoms with Crippen molar-refractivity contribution in [1.29, 1.82) is 0 Å².